The van der Waals surface area contributed by atoms with Gasteiger partial charge >= 0.3 is 12.0 Å². The first-order valence-electron chi connectivity index (χ1n) is 11.6. The first-order chi connectivity index (χ1) is 17.5. The minimum absolute atomic E-state index is 0.0751. The van der Waals surface area contributed by atoms with Crippen LogP contribution in [0.1, 0.15) is 12.0 Å². The molecule has 178 valence electrons. The standard InChI is InChI=1S/C29H24N4O3/c34-27(35)18-11-19-9-12-21(13-10-19)31-29(36)32-22-16-14-20(15-17-22)30-28-23-5-1-3-7-25(23)33-26-8-4-2-6-24(26)28/h1-10,12-17H,11,18H2,(H,30,33)(H,34,35)(H2,31,32,36). The van der Waals surface area contributed by atoms with Crippen molar-refractivity contribution in [3.63, 3.8) is 0 Å². The second-order valence-electron chi connectivity index (χ2n) is 8.39. The Bertz CT molecular complexity index is 1490. The van der Waals surface area contributed by atoms with Gasteiger partial charge in [-0.1, -0.05) is 48.5 Å². The Morgan fingerprint density at radius 2 is 1.17 bits per heavy atom. The maximum absolute atomic E-state index is 12.4. The third-order valence-electron chi connectivity index (χ3n) is 5.84. The van der Waals surface area contributed by atoms with Gasteiger partial charge in [-0.25, -0.2) is 9.78 Å². The molecule has 36 heavy (non-hydrogen) atoms. The lowest BCUT2D eigenvalue weighted by molar-refractivity contribution is -0.136. The van der Waals surface area contributed by atoms with Crippen LogP contribution in [0.25, 0.3) is 21.8 Å². The lowest BCUT2D eigenvalue weighted by Crippen LogP contribution is -2.19. The third kappa shape index (κ3) is 5.26. The van der Waals surface area contributed by atoms with Gasteiger partial charge in [-0.3, -0.25) is 4.79 Å². The average Bonchev–Trinajstić information content (AvgIpc) is 2.89. The van der Waals surface area contributed by atoms with Crippen LogP contribution in [-0.2, 0) is 11.2 Å². The van der Waals surface area contributed by atoms with Crippen molar-refractivity contribution < 1.29 is 14.7 Å². The summed E-state index contributed by atoms with van der Waals surface area (Å²) >= 11 is 0. The smallest absolute Gasteiger partial charge is 0.323 e. The van der Waals surface area contributed by atoms with Gasteiger partial charge in [0.1, 0.15) is 0 Å². The van der Waals surface area contributed by atoms with Gasteiger partial charge in [-0.2, -0.15) is 0 Å². The maximum atomic E-state index is 12.4. The van der Waals surface area contributed by atoms with Crippen LogP contribution in [0, 0.1) is 0 Å². The van der Waals surface area contributed by atoms with Crippen molar-refractivity contribution in [3.8, 4) is 0 Å². The largest absolute Gasteiger partial charge is 0.481 e. The predicted octanol–water partition coefficient (Wildman–Crippen LogP) is 6.79. The summed E-state index contributed by atoms with van der Waals surface area (Å²) in [6.45, 7) is 0. The van der Waals surface area contributed by atoms with Crippen LogP contribution in [-0.4, -0.2) is 22.1 Å². The van der Waals surface area contributed by atoms with Gasteiger partial charge in [0.05, 0.1) is 16.7 Å². The van der Waals surface area contributed by atoms with E-state index in [9.17, 15) is 9.59 Å². The van der Waals surface area contributed by atoms with Crippen molar-refractivity contribution in [2.24, 2.45) is 0 Å². The highest BCUT2D eigenvalue weighted by atomic mass is 16.4. The Morgan fingerprint density at radius 1 is 0.667 bits per heavy atom. The second-order valence-corrected chi connectivity index (χ2v) is 8.39. The maximum Gasteiger partial charge on any atom is 0.323 e. The van der Waals surface area contributed by atoms with E-state index in [1.807, 2.05) is 72.8 Å². The van der Waals surface area contributed by atoms with Gasteiger partial charge in [-0.05, 0) is 60.5 Å². The molecule has 5 rings (SSSR count). The van der Waals surface area contributed by atoms with Crippen molar-refractivity contribution in [2.75, 3.05) is 16.0 Å². The lowest BCUT2D eigenvalue weighted by Gasteiger charge is -2.14. The number of rotatable bonds is 7. The summed E-state index contributed by atoms with van der Waals surface area (Å²) in [5.41, 5.74) is 5.90. The summed E-state index contributed by atoms with van der Waals surface area (Å²) in [5.74, 6) is -0.833. The molecule has 0 saturated carbocycles. The normalized spacial score (nSPS) is 10.8. The van der Waals surface area contributed by atoms with Gasteiger partial charge in [-0.15, -0.1) is 0 Å². The highest BCUT2D eigenvalue weighted by Gasteiger charge is 2.09. The van der Waals surface area contributed by atoms with Crippen molar-refractivity contribution >= 4 is 56.6 Å². The Kier molecular flexibility index (Phi) is 6.44. The van der Waals surface area contributed by atoms with Crippen LogP contribution in [0.3, 0.4) is 0 Å². The SMILES string of the molecule is O=C(O)CCc1ccc(NC(=O)Nc2ccc(Nc3c4ccccc4nc4ccccc34)cc2)cc1. The fourth-order valence-corrected chi connectivity index (χ4v) is 4.06. The minimum Gasteiger partial charge on any atom is -0.481 e. The van der Waals surface area contributed by atoms with E-state index in [1.54, 1.807) is 12.1 Å². The molecule has 0 bridgehead atoms. The number of nitrogens with zero attached hydrogens (tertiary/aromatic N) is 1. The first kappa shape index (κ1) is 22.9. The highest BCUT2D eigenvalue weighted by molar-refractivity contribution is 6.08. The molecule has 7 heteroatoms. The van der Waals surface area contributed by atoms with E-state index in [0.717, 1.165) is 38.7 Å². The van der Waals surface area contributed by atoms with Crippen LogP contribution < -0.4 is 16.0 Å². The number of aryl methyl sites for hydroxylation is 1. The zero-order valence-corrected chi connectivity index (χ0v) is 19.4. The fourth-order valence-electron chi connectivity index (χ4n) is 4.06. The topological polar surface area (TPSA) is 103 Å². The Hall–Kier alpha value is -4.91. The molecule has 7 nitrogen and oxygen atoms in total. The van der Waals surface area contributed by atoms with E-state index in [-0.39, 0.29) is 12.5 Å². The second kappa shape index (κ2) is 10.1. The number of pyridine rings is 1. The molecule has 4 aromatic carbocycles. The Labute approximate surface area is 207 Å². The number of hydrogen-bond donors (Lipinski definition) is 4. The molecule has 0 spiro atoms. The molecule has 4 N–H and O–H groups in total. The monoisotopic (exact) mass is 476 g/mol. The molecule has 0 aliphatic carbocycles. The zero-order chi connectivity index (χ0) is 24.9. The molecule has 0 radical (unpaired) electrons. The number of carbonyl (C=O) groups excluding carboxylic acids is 1. The van der Waals surface area contributed by atoms with E-state index in [4.69, 9.17) is 10.1 Å². The Balaban J connectivity index is 1.26. The molecular weight excluding hydrogens is 452 g/mol. The number of amides is 2. The number of nitrogens with one attached hydrogen (secondary N) is 3. The molecular formula is C29H24N4O3. The van der Waals surface area contributed by atoms with Gasteiger partial charge in [0.25, 0.3) is 0 Å². The minimum atomic E-state index is -0.833. The van der Waals surface area contributed by atoms with E-state index >= 15 is 0 Å². The molecule has 0 aliphatic heterocycles. The highest BCUT2D eigenvalue weighted by Crippen LogP contribution is 2.33. The molecule has 0 fully saturated rings. The molecule has 2 amide bonds. The molecule has 1 aromatic heterocycles. The number of aliphatic carboxylic acids is 1. The number of anilines is 4. The zero-order valence-electron chi connectivity index (χ0n) is 19.4. The molecule has 0 aliphatic rings. The number of fused-ring (bicyclic) bond motifs is 2. The van der Waals surface area contributed by atoms with Gasteiger partial charge < -0.3 is 21.1 Å². The summed E-state index contributed by atoms with van der Waals surface area (Å²) in [6, 6.07) is 30.3. The summed E-state index contributed by atoms with van der Waals surface area (Å²) < 4.78 is 0. The van der Waals surface area contributed by atoms with Gasteiger partial charge in [0, 0.05) is 34.3 Å². The third-order valence-corrected chi connectivity index (χ3v) is 5.84. The number of para-hydroxylation sites is 2. The number of aromatic nitrogens is 1. The van der Waals surface area contributed by atoms with Crippen molar-refractivity contribution in [1.82, 2.24) is 4.98 Å². The number of carbonyl (C=O) groups is 2. The molecule has 1 heterocycles. The molecule has 5 aromatic rings. The van der Waals surface area contributed by atoms with Crippen LogP contribution in [0.4, 0.5) is 27.5 Å². The van der Waals surface area contributed by atoms with Crippen molar-refractivity contribution in [2.45, 2.75) is 12.8 Å². The number of urea groups is 1. The number of hydrogen-bond acceptors (Lipinski definition) is 4. The summed E-state index contributed by atoms with van der Waals surface area (Å²) in [6.07, 6.45) is 0.527. The predicted molar refractivity (Wildman–Crippen MR) is 144 cm³/mol. The summed E-state index contributed by atoms with van der Waals surface area (Å²) in [4.78, 5) is 27.9. The average molecular weight is 477 g/mol. The number of carboxylic acid groups (broad SMARTS) is 1. The van der Waals surface area contributed by atoms with E-state index in [2.05, 4.69) is 28.1 Å². The van der Waals surface area contributed by atoms with Crippen LogP contribution in [0.5, 0.6) is 0 Å². The summed E-state index contributed by atoms with van der Waals surface area (Å²) in [7, 11) is 0. The van der Waals surface area contributed by atoms with E-state index < -0.39 is 5.97 Å². The summed E-state index contributed by atoms with van der Waals surface area (Å²) in [5, 5.41) is 20.0. The van der Waals surface area contributed by atoms with Crippen molar-refractivity contribution in [1.29, 1.82) is 0 Å². The Morgan fingerprint density at radius 3 is 1.72 bits per heavy atom. The van der Waals surface area contributed by atoms with Gasteiger partial charge in [0.15, 0.2) is 0 Å². The van der Waals surface area contributed by atoms with Gasteiger partial charge in [0.2, 0.25) is 0 Å². The van der Waals surface area contributed by atoms with Crippen LogP contribution in [0.15, 0.2) is 97.1 Å². The van der Waals surface area contributed by atoms with Crippen LogP contribution >= 0.6 is 0 Å². The number of benzene rings is 4. The first-order valence-corrected chi connectivity index (χ1v) is 11.6. The van der Waals surface area contributed by atoms with Crippen molar-refractivity contribution in [3.05, 3.63) is 103 Å². The lowest BCUT2D eigenvalue weighted by atomic mass is 10.1. The number of carboxylic acids is 1. The molecule has 0 unspecified atom stereocenters. The molecule has 0 saturated heterocycles. The van der Waals surface area contributed by atoms with E-state index in [0.29, 0.717) is 17.8 Å². The quantitative estimate of drug-likeness (QED) is 0.194. The fraction of sp³-hybridized carbons (Fsp3) is 0.0690. The van der Waals surface area contributed by atoms with Crippen LogP contribution in [0.2, 0.25) is 0 Å². The van der Waals surface area contributed by atoms with E-state index in [1.165, 1.54) is 0 Å². The molecule has 0 atom stereocenters.